The first-order valence-corrected chi connectivity index (χ1v) is 8.30. The van der Waals surface area contributed by atoms with E-state index >= 15 is 0 Å². The maximum atomic E-state index is 13.0. The number of alkyl halides is 3. The third-order valence-electron chi connectivity index (χ3n) is 4.26. The summed E-state index contributed by atoms with van der Waals surface area (Å²) in [6.45, 7) is 0.937. The summed E-state index contributed by atoms with van der Waals surface area (Å²) in [5, 5.41) is 2.46. The molecule has 0 radical (unpaired) electrons. The Bertz CT molecular complexity index is 959. The van der Waals surface area contributed by atoms with Gasteiger partial charge in [-0.3, -0.25) is 19.1 Å². The Labute approximate surface area is 151 Å². The second kappa shape index (κ2) is 7.29. The van der Waals surface area contributed by atoms with Crippen LogP contribution in [0.1, 0.15) is 18.4 Å². The molecule has 0 spiro atoms. The highest BCUT2D eigenvalue weighted by Gasteiger charge is 2.32. The molecule has 0 saturated carbocycles. The summed E-state index contributed by atoms with van der Waals surface area (Å²) in [6.07, 6.45) is -1.56. The van der Waals surface area contributed by atoms with Gasteiger partial charge in [-0.15, -0.1) is 0 Å². The van der Waals surface area contributed by atoms with Gasteiger partial charge < -0.3 is 10.2 Å². The van der Waals surface area contributed by atoms with Crippen LogP contribution in [0.25, 0.3) is 0 Å². The van der Waals surface area contributed by atoms with Crippen molar-refractivity contribution in [2.75, 3.05) is 23.3 Å². The Hall–Kier alpha value is -3.04. The maximum absolute atomic E-state index is 13.0. The fraction of sp³-hybridized carbons (Fsp3) is 0.353. The van der Waals surface area contributed by atoms with Crippen molar-refractivity contribution >= 4 is 17.3 Å². The molecule has 2 aromatic rings. The lowest BCUT2D eigenvalue weighted by molar-refractivity contribution is -0.137. The number of halogens is 3. The molecule has 2 heterocycles. The summed E-state index contributed by atoms with van der Waals surface area (Å²) in [5.41, 5.74) is -1.72. The smallest absolute Gasteiger partial charge is 0.370 e. The molecular formula is C17H17F3N4O3. The number of benzene rings is 1. The van der Waals surface area contributed by atoms with E-state index in [2.05, 4.69) is 5.32 Å². The van der Waals surface area contributed by atoms with Crippen LogP contribution >= 0.6 is 0 Å². The van der Waals surface area contributed by atoms with Crippen LogP contribution < -0.4 is 21.5 Å². The number of hydrogen-bond donors (Lipinski definition) is 2. The number of aromatic amines is 1. The third-order valence-corrected chi connectivity index (χ3v) is 4.26. The Morgan fingerprint density at radius 3 is 2.48 bits per heavy atom. The molecule has 7 nitrogen and oxygen atoms in total. The summed E-state index contributed by atoms with van der Waals surface area (Å²) < 4.78 is 40.1. The number of carbonyl (C=O) groups is 1. The van der Waals surface area contributed by atoms with Crippen LogP contribution in [0.15, 0.2) is 40.1 Å². The molecule has 1 aliphatic heterocycles. The molecular weight excluding hydrogens is 365 g/mol. The van der Waals surface area contributed by atoms with Gasteiger partial charge in [-0.2, -0.15) is 13.2 Å². The van der Waals surface area contributed by atoms with Gasteiger partial charge in [0.1, 0.15) is 6.54 Å². The van der Waals surface area contributed by atoms with E-state index in [0.717, 1.165) is 41.8 Å². The number of amides is 1. The fourth-order valence-electron chi connectivity index (χ4n) is 2.96. The van der Waals surface area contributed by atoms with Gasteiger partial charge in [0.05, 0.1) is 16.9 Å². The zero-order valence-corrected chi connectivity index (χ0v) is 14.2. The molecule has 10 heteroatoms. The zero-order chi connectivity index (χ0) is 19.6. The van der Waals surface area contributed by atoms with Crippen molar-refractivity contribution in [1.29, 1.82) is 0 Å². The number of nitrogens with zero attached hydrogens (tertiary/aromatic N) is 2. The average Bonchev–Trinajstić information content (AvgIpc) is 3.11. The molecule has 1 aliphatic rings. The van der Waals surface area contributed by atoms with Crippen LogP contribution in [0.3, 0.4) is 0 Å². The van der Waals surface area contributed by atoms with Crippen LogP contribution in [-0.2, 0) is 17.5 Å². The Kier molecular flexibility index (Phi) is 5.06. The summed E-state index contributed by atoms with van der Waals surface area (Å²) in [4.78, 5) is 38.9. The molecule has 144 valence electrons. The van der Waals surface area contributed by atoms with Crippen LogP contribution in [0.5, 0.6) is 0 Å². The minimum absolute atomic E-state index is 0.0363. The topological polar surface area (TPSA) is 87.2 Å². The summed E-state index contributed by atoms with van der Waals surface area (Å²) >= 11 is 0. The standard InChI is InChI=1S/C17H17F3N4O3/c18-17(19,20)11-3-4-13(23-6-1-2-7-23)12(9-11)21-15(26)10-24-8-5-14(25)22-16(24)27/h3-5,8-9H,1-2,6-7,10H2,(H,21,26)(H,22,25,27). The molecule has 0 bridgehead atoms. The quantitative estimate of drug-likeness (QED) is 0.844. The van der Waals surface area contributed by atoms with Crippen molar-refractivity contribution in [3.05, 3.63) is 56.9 Å². The van der Waals surface area contributed by atoms with Gasteiger partial charge in [-0.25, -0.2) is 4.79 Å². The third kappa shape index (κ3) is 4.39. The van der Waals surface area contributed by atoms with E-state index in [0.29, 0.717) is 18.8 Å². The van der Waals surface area contributed by atoms with Crippen molar-refractivity contribution in [2.45, 2.75) is 25.6 Å². The number of anilines is 2. The molecule has 1 fully saturated rings. The normalized spacial score (nSPS) is 14.4. The molecule has 0 unspecified atom stereocenters. The first-order chi connectivity index (χ1) is 12.7. The minimum atomic E-state index is -4.54. The predicted octanol–water partition coefficient (Wildman–Crippen LogP) is 1.79. The lowest BCUT2D eigenvalue weighted by Crippen LogP contribution is -2.33. The van der Waals surface area contributed by atoms with Crippen molar-refractivity contribution in [1.82, 2.24) is 9.55 Å². The number of aromatic nitrogens is 2. The number of rotatable bonds is 4. The highest BCUT2D eigenvalue weighted by atomic mass is 19.4. The van der Waals surface area contributed by atoms with E-state index in [1.54, 1.807) is 0 Å². The van der Waals surface area contributed by atoms with Crippen molar-refractivity contribution < 1.29 is 18.0 Å². The van der Waals surface area contributed by atoms with Gasteiger partial charge in [0.2, 0.25) is 5.91 Å². The average molecular weight is 382 g/mol. The van der Waals surface area contributed by atoms with Crippen molar-refractivity contribution in [2.24, 2.45) is 0 Å². The molecule has 1 amide bonds. The Balaban J connectivity index is 1.87. The Morgan fingerprint density at radius 2 is 1.85 bits per heavy atom. The molecule has 0 atom stereocenters. The summed E-state index contributed by atoms with van der Waals surface area (Å²) in [6, 6.07) is 4.29. The first kappa shape index (κ1) is 18.7. The fourth-order valence-corrected chi connectivity index (χ4v) is 2.96. The minimum Gasteiger partial charge on any atom is -0.370 e. The van der Waals surface area contributed by atoms with Crippen LogP contribution in [0, 0.1) is 0 Å². The van der Waals surface area contributed by atoms with Gasteiger partial charge in [0.25, 0.3) is 5.56 Å². The van der Waals surface area contributed by atoms with Gasteiger partial charge in [0, 0.05) is 25.4 Å². The van der Waals surface area contributed by atoms with E-state index in [9.17, 15) is 27.6 Å². The summed E-state index contributed by atoms with van der Waals surface area (Å²) in [5.74, 6) is -0.677. The molecule has 1 aromatic heterocycles. The number of H-pyrrole nitrogens is 1. The maximum Gasteiger partial charge on any atom is 0.416 e. The van der Waals surface area contributed by atoms with Crippen LogP contribution in [0.4, 0.5) is 24.5 Å². The van der Waals surface area contributed by atoms with Gasteiger partial charge in [-0.1, -0.05) is 0 Å². The molecule has 27 heavy (non-hydrogen) atoms. The van der Waals surface area contributed by atoms with Gasteiger partial charge >= 0.3 is 11.9 Å². The molecule has 1 aromatic carbocycles. The molecule has 0 aliphatic carbocycles. The van der Waals surface area contributed by atoms with Crippen molar-refractivity contribution in [3.63, 3.8) is 0 Å². The van der Waals surface area contributed by atoms with Gasteiger partial charge in [0.15, 0.2) is 0 Å². The number of hydrogen-bond acceptors (Lipinski definition) is 4. The van der Waals surface area contributed by atoms with Crippen molar-refractivity contribution in [3.8, 4) is 0 Å². The SMILES string of the molecule is O=C(Cn1ccc(=O)[nH]c1=O)Nc1cc(C(F)(F)F)ccc1N1CCCC1. The van der Waals surface area contributed by atoms with Crippen LogP contribution in [-0.4, -0.2) is 28.5 Å². The van der Waals surface area contributed by atoms with E-state index in [-0.39, 0.29) is 5.69 Å². The second-order valence-electron chi connectivity index (χ2n) is 6.21. The van der Waals surface area contributed by atoms with Gasteiger partial charge in [-0.05, 0) is 31.0 Å². The van der Waals surface area contributed by atoms with E-state index in [1.165, 1.54) is 6.07 Å². The van der Waals surface area contributed by atoms with E-state index in [1.807, 2.05) is 9.88 Å². The van der Waals surface area contributed by atoms with E-state index < -0.39 is 35.4 Å². The van der Waals surface area contributed by atoms with E-state index in [4.69, 9.17) is 0 Å². The Morgan fingerprint density at radius 1 is 1.15 bits per heavy atom. The zero-order valence-electron chi connectivity index (χ0n) is 14.2. The lowest BCUT2D eigenvalue weighted by Gasteiger charge is -2.23. The molecule has 1 saturated heterocycles. The lowest BCUT2D eigenvalue weighted by atomic mass is 10.1. The highest BCUT2D eigenvalue weighted by molar-refractivity contribution is 5.94. The molecule has 2 N–H and O–H groups in total. The molecule has 3 rings (SSSR count). The number of carbonyl (C=O) groups excluding carboxylic acids is 1. The van der Waals surface area contributed by atoms with Crippen LogP contribution in [0.2, 0.25) is 0 Å². The monoisotopic (exact) mass is 382 g/mol. The largest absolute Gasteiger partial charge is 0.416 e. The predicted molar refractivity (Wildman–Crippen MR) is 92.8 cm³/mol. The first-order valence-electron chi connectivity index (χ1n) is 8.30. The summed E-state index contributed by atoms with van der Waals surface area (Å²) in [7, 11) is 0. The second-order valence-corrected chi connectivity index (χ2v) is 6.21. The highest BCUT2D eigenvalue weighted by Crippen LogP contribution is 2.36. The number of nitrogens with one attached hydrogen (secondary N) is 2.